The Morgan fingerprint density at radius 3 is 2.75 bits per heavy atom. The van der Waals surface area contributed by atoms with Crippen molar-refractivity contribution in [3.05, 3.63) is 0 Å². The second-order valence-electron chi connectivity index (χ2n) is 4.53. The molecule has 2 heteroatoms. The summed E-state index contributed by atoms with van der Waals surface area (Å²) in [7, 11) is 0. The van der Waals surface area contributed by atoms with Gasteiger partial charge in [-0.25, -0.2) is 0 Å². The van der Waals surface area contributed by atoms with Crippen molar-refractivity contribution in [2.24, 2.45) is 11.1 Å². The Hall–Kier alpha value is -0.0800. The molecule has 0 aromatic heterocycles. The van der Waals surface area contributed by atoms with E-state index < -0.39 is 0 Å². The quantitative estimate of drug-likeness (QED) is 0.673. The van der Waals surface area contributed by atoms with Gasteiger partial charge < -0.3 is 11.1 Å². The summed E-state index contributed by atoms with van der Waals surface area (Å²) in [5.74, 6) is 0. The predicted molar refractivity (Wildman–Crippen MR) is 53.1 cm³/mol. The number of nitrogens with one attached hydrogen (secondary N) is 1. The van der Waals surface area contributed by atoms with E-state index in [0.29, 0.717) is 11.5 Å². The summed E-state index contributed by atoms with van der Waals surface area (Å²) in [6, 6.07) is 0.690. The molecule has 72 valence electrons. The van der Waals surface area contributed by atoms with Gasteiger partial charge >= 0.3 is 0 Å². The number of nitrogens with two attached hydrogens (primary N) is 1. The van der Waals surface area contributed by atoms with Crippen LogP contribution in [0, 0.1) is 5.41 Å². The van der Waals surface area contributed by atoms with Crippen molar-refractivity contribution in [1.29, 1.82) is 0 Å². The lowest BCUT2D eigenvalue weighted by Gasteiger charge is -2.39. The van der Waals surface area contributed by atoms with E-state index in [0.717, 1.165) is 13.1 Å². The first-order valence-electron chi connectivity index (χ1n) is 5.10. The Bertz CT molecular complexity index is 132. The van der Waals surface area contributed by atoms with Crippen molar-refractivity contribution in [3.8, 4) is 0 Å². The van der Waals surface area contributed by atoms with Crippen molar-refractivity contribution in [2.75, 3.05) is 13.1 Å². The van der Waals surface area contributed by atoms with Gasteiger partial charge in [0.25, 0.3) is 0 Å². The highest BCUT2D eigenvalue weighted by Crippen LogP contribution is 2.35. The van der Waals surface area contributed by atoms with E-state index in [9.17, 15) is 0 Å². The number of rotatable bonds is 3. The minimum absolute atomic E-state index is 0.480. The maximum atomic E-state index is 5.47. The third-order valence-electron chi connectivity index (χ3n) is 3.04. The van der Waals surface area contributed by atoms with Gasteiger partial charge in [-0.2, -0.15) is 0 Å². The molecule has 0 bridgehead atoms. The molecule has 1 fully saturated rings. The standard InChI is InChI=1S/C10H22N2/c1-10(2)6-4-3-5-9(10)12-8-7-11/h9,12H,3-8,11H2,1-2H3. The van der Waals surface area contributed by atoms with Gasteiger partial charge in [0, 0.05) is 19.1 Å². The van der Waals surface area contributed by atoms with Crippen LogP contribution in [0.15, 0.2) is 0 Å². The fourth-order valence-electron chi connectivity index (χ4n) is 2.13. The van der Waals surface area contributed by atoms with E-state index >= 15 is 0 Å². The highest BCUT2D eigenvalue weighted by atomic mass is 14.9. The lowest BCUT2D eigenvalue weighted by molar-refractivity contribution is 0.169. The zero-order valence-electron chi connectivity index (χ0n) is 8.40. The van der Waals surface area contributed by atoms with Crippen LogP contribution in [0.4, 0.5) is 0 Å². The van der Waals surface area contributed by atoms with Gasteiger partial charge in [-0.15, -0.1) is 0 Å². The topological polar surface area (TPSA) is 38.0 Å². The maximum absolute atomic E-state index is 5.47. The van der Waals surface area contributed by atoms with Gasteiger partial charge in [0.15, 0.2) is 0 Å². The molecule has 1 atom stereocenters. The van der Waals surface area contributed by atoms with Crippen molar-refractivity contribution in [3.63, 3.8) is 0 Å². The highest BCUT2D eigenvalue weighted by Gasteiger charge is 2.31. The Labute approximate surface area is 75.9 Å². The SMILES string of the molecule is CC1(C)CCCCC1NCCN. The summed E-state index contributed by atoms with van der Waals surface area (Å²) in [5, 5.41) is 3.54. The van der Waals surface area contributed by atoms with Gasteiger partial charge in [-0.3, -0.25) is 0 Å². The van der Waals surface area contributed by atoms with Crippen LogP contribution >= 0.6 is 0 Å². The van der Waals surface area contributed by atoms with Crippen molar-refractivity contribution in [2.45, 2.75) is 45.6 Å². The summed E-state index contributed by atoms with van der Waals surface area (Å²) in [4.78, 5) is 0. The first-order valence-corrected chi connectivity index (χ1v) is 5.10. The summed E-state index contributed by atoms with van der Waals surface area (Å²) >= 11 is 0. The predicted octanol–water partition coefficient (Wildman–Crippen LogP) is 1.50. The van der Waals surface area contributed by atoms with E-state index in [2.05, 4.69) is 19.2 Å². The molecule has 3 N–H and O–H groups in total. The third-order valence-corrected chi connectivity index (χ3v) is 3.04. The molecule has 0 aliphatic heterocycles. The minimum Gasteiger partial charge on any atom is -0.329 e. The molecule has 1 saturated carbocycles. The second kappa shape index (κ2) is 4.24. The van der Waals surface area contributed by atoms with E-state index in [4.69, 9.17) is 5.73 Å². The van der Waals surface area contributed by atoms with E-state index in [1.807, 2.05) is 0 Å². The van der Waals surface area contributed by atoms with Crippen molar-refractivity contribution in [1.82, 2.24) is 5.32 Å². The van der Waals surface area contributed by atoms with Crippen LogP contribution in [0.2, 0.25) is 0 Å². The van der Waals surface area contributed by atoms with Crippen LogP contribution in [-0.2, 0) is 0 Å². The summed E-state index contributed by atoms with van der Waals surface area (Å²) in [6.07, 6.45) is 5.46. The molecular weight excluding hydrogens is 148 g/mol. The summed E-state index contributed by atoms with van der Waals surface area (Å²) < 4.78 is 0. The van der Waals surface area contributed by atoms with E-state index in [1.165, 1.54) is 25.7 Å². The van der Waals surface area contributed by atoms with Crippen LogP contribution in [0.3, 0.4) is 0 Å². The molecule has 1 rings (SSSR count). The van der Waals surface area contributed by atoms with Gasteiger partial charge in [0.2, 0.25) is 0 Å². The third kappa shape index (κ3) is 2.46. The molecule has 1 aliphatic carbocycles. The van der Waals surface area contributed by atoms with Crippen LogP contribution in [-0.4, -0.2) is 19.1 Å². The van der Waals surface area contributed by atoms with Crippen LogP contribution in [0.5, 0.6) is 0 Å². The Morgan fingerprint density at radius 2 is 2.17 bits per heavy atom. The fraction of sp³-hybridized carbons (Fsp3) is 1.00. The fourth-order valence-corrected chi connectivity index (χ4v) is 2.13. The second-order valence-corrected chi connectivity index (χ2v) is 4.53. The number of hydrogen-bond acceptors (Lipinski definition) is 2. The van der Waals surface area contributed by atoms with Crippen molar-refractivity contribution < 1.29 is 0 Å². The smallest absolute Gasteiger partial charge is 0.0119 e. The molecule has 0 aromatic carbocycles. The van der Waals surface area contributed by atoms with Gasteiger partial charge in [0.05, 0.1) is 0 Å². The average molecular weight is 170 g/mol. The van der Waals surface area contributed by atoms with Gasteiger partial charge in [0.1, 0.15) is 0 Å². The van der Waals surface area contributed by atoms with Crippen LogP contribution < -0.4 is 11.1 Å². The van der Waals surface area contributed by atoms with E-state index in [-0.39, 0.29) is 0 Å². The first-order chi connectivity index (χ1) is 5.67. The zero-order chi connectivity index (χ0) is 9.03. The summed E-state index contributed by atoms with van der Waals surface area (Å²) in [6.45, 7) is 6.45. The Kier molecular flexibility index (Phi) is 3.53. The van der Waals surface area contributed by atoms with Crippen LogP contribution in [0.25, 0.3) is 0 Å². The lowest BCUT2D eigenvalue weighted by atomic mass is 9.73. The molecule has 1 aliphatic rings. The van der Waals surface area contributed by atoms with Gasteiger partial charge in [-0.05, 0) is 18.3 Å². The molecule has 1 unspecified atom stereocenters. The zero-order valence-corrected chi connectivity index (χ0v) is 8.40. The van der Waals surface area contributed by atoms with E-state index in [1.54, 1.807) is 0 Å². The molecule has 2 nitrogen and oxygen atoms in total. The summed E-state index contributed by atoms with van der Waals surface area (Å²) in [5.41, 5.74) is 5.95. The largest absolute Gasteiger partial charge is 0.329 e. The number of hydrogen-bond donors (Lipinski definition) is 2. The monoisotopic (exact) mass is 170 g/mol. The molecule has 0 saturated heterocycles. The highest BCUT2D eigenvalue weighted by molar-refractivity contribution is 4.87. The Balaban J connectivity index is 2.37. The van der Waals surface area contributed by atoms with Crippen molar-refractivity contribution >= 4 is 0 Å². The lowest BCUT2D eigenvalue weighted by Crippen LogP contribution is -2.45. The molecule has 0 aromatic rings. The normalized spacial score (nSPS) is 28.8. The van der Waals surface area contributed by atoms with Crippen LogP contribution in [0.1, 0.15) is 39.5 Å². The maximum Gasteiger partial charge on any atom is 0.0119 e. The molecule has 12 heavy (non-hydrogen) atoms. The molecule has 0 spiro atoms. The molecule has 0 radical (unpaired) electrons. The minimum atomic E-state index is 0.480. The first kappa shape index (κ1) is 10.0. The Morgan fingerprint density at radius 1 is 1.42 bits per heavy atom. The molecule has 0 heterocycles. The molecular formula is C10H22N2. The average Bonchev–Trinajstić information content (AvgIpc) is 2.02. The van der Waals surface area contributed by atoms with Gasteiger partial charge in [-0.1, -0.05) is 26.7 Å². The molecule has 0 amide bonds.